The van der Waals surface area contributed by atoms with Crippen molar-refractivity contribution in [3.63, 3.8) is 0 Å². The number of hydrogen-bond donors (Lipinski definition) is 0. The predicted molar refractivity (Wildman–Crippen MR) is 84.2 cm³/mol. The third-order valence-corrected chi connectivity index (χ3v) is 3.10. The lowest BCUT2D eigenvalue weighted by Gasteiger charge is -2.05. The first-order valence-electron chi connectivity index (χ1n) is 6.71. The summed E-state index contributed by atoms with van der Waals surface area (Å²) < 4.78 is 5.59. The van der Waals surface area contributed by atoms with Gasteiger partial charge in [-0.1, -0.05) is 42.5 Å². The molecular formula is C16H14N2O5. The van der Waals surface area contributed by atoms with Crippen LogP contribution < -0.4 is 5.56 Å². The lowest BCUT2D eigenvalue weighted by atomic mass is 10.2. The molecule has 0 atom stereocenters. The van der Waals surface area contributed by atoms with Crippen LogP contribution in [-0.4, -0.2) is 22.6 Å². The van der Waals surface area contributed by atoms with E-state index >= 15 is 0 Å². The van der Waals surface area contributed by atoms with Gasteiger partial charge in [-0.2, -0.15) is 0 Å². The van der Waals surface area contributed by atoms with E-state index in [1.54, 1.807) is 12.2 Å². The third-order valence-electron chi connectivity index (χ3n) is 3.10. The first-order valence-corrected chi connectivity index (χ1v) is 6.71. The highest BCUT2D eigenvalue weighted by Crippen LogP contribution is 2.11. The molecule has 1 aromatic carbocycles. The van der Waals surface area contributed by atoms with Gasteiger partial charge >= 0.3 is 5.97 Å². The fraction of sp³-hybridized carbons (Fsp3) is 0.125. The van der Waals surface area contributed by atoms with E-state index in [0.717, 1.165) is 29.5 Å². The highest BCUT2D eigenvalue weighted by Gasteiger charge is 2.19. The molecule has 118 valence electrons. The van der Waals surface area contributed by atoms with Gasteiger partial charge in [-0.25, -0.2) is 4.79 Å². The summed E-state index contributed by atoms with van der Waals surface area (Å²) in [6.07, 6.45) is 4.56. The average molecular weight is 314 g/mol. The van der Waals surface area contributed by atoms with Crippen molar-refractivity contribution in [2.75, 3.05) is 7.11 Å². The summed E-state index contributed by atoms with van der Waals surface area (Å²) in [6, 6.07) is 10.3. The zero-order valence-electron chi connectivity index (χ0n) is 12.3. The monoisotopic (exact) mass is 314 g/mol. The lowest BCUT2D eigenvalue weighted by molar-refractivity contribution is -0.385. The maximum atomic E-state index is 12.2. The van der Waals surface area contributed by atoms with E-state index in [-0.39, 0.29) is 17.8 Å². The molecule has 0 aliphatic heterocycles. The van der Waals surface area contributed by atoms with Gasteiger partial charge in [0.1, 0.15) is 5.56 Å². The summed E-state index contributed by atoms with van der Waals surface area (Å²) in [5.41, 5.74) is -0.424. The van der Waals surface area contributed by atoms with Crippen LogP contribution in [0, 0.1) is 10.1 Å². The molecule has 0 unspecified atom stereocenters. The number of methoxy groups -OCH3 is 1. The van der Waals surface area contributed by atoms with E-state index in [2.05, 4.69) is 4.74 Å². The van der Waals surface area contributed by atoms with Crippen molar-refractivity contribution in [2.24, 2.45) is 0 Å². The molecule has 0 amide bonds. The number of carbonyl (C=O) groups excluding carboxylic acids is 1. The highest BCUT2D eigenvalue weighted by atomic mass is 16.6. The Bertz CT molecular complexity index is 809. The van der Waals surface area contributed by atoms with Crippen molar-refractivity contribution in [2.45, 2.75) is 6.54 Å². The van der Waals surface area contributed by atoms with Crippen molar-refractivity contribution in [3.05, 3.63) is 80.3 Å². The second-order valence-corrected chi connectivity index (χ2v) is 4.63. The molecule has 23 heavy (non-hydrogen) atoms. The van der Waals surface area contributed by atoms with E-state index in [0.29, 0.717) is 0 Å². The topological polar surface area (TPSA) is 91.4 Å². The summed E-state index contributed by atoms with van der Waals surface area (Å²) >= 11 is 0. The largest absolute Gasteiger partial charge is 0.465 e. The molecule has 1 aromatic heterocycles. The summed E-state index contributed by atoms with van der Waals surface area (Å²) in [4.78, 5) is 34.1. The second kappa shape index (κ2) is 7.17. The first-order chi connectivity index (χ1) is 11.0. The molecule has 0 N–H and O–H groups in total. The number of allylic oxidation sites excluding steroid dienone is 1. The number of hydrogen-bond acceptors (Lipinski definition) is 5. The van der Waals surface area contributed by atoms with Crippen molar-refractivity contribution >= 4 is 17.7 Å². The number of benzene rings is 1. The number of rotatable bonds is 5. The minimum absolute atomic E-state index is 0.0966. The molecular weight excluding hydrogens is 300 g/mol. The molecule has 7 nitrogen and oxygen atoms in total. The maximum Gasteiger partial charge on any atom is 0.343 e. The Morgan fingerprint density at radius 2 is 2.04 bits per heavy atom. The smallest absolute Gasteiger partial charge is 0.343 e. The van der Waals surface area contributed by atoms with Crippen molar-refractivity contribution in [1.82, 2.24) is 4.57 Å². The number of carbonyl (C=O) groups is 1. The standard InChI is InChI=1S/C16H14N2O5/c1-23-16(20)14-10-13(18(21)22)11-17(15(14)19)9-5-8-12-6-3-2-4-7-12/h2-8,10-11H,9H2,1H3/b8-5+. The fourth-order valence-corrected chi connectivity index (χ4v) is 1.98. The number of esters is 1. The Balaban J connectivity index is 2.35. The Labute approximate surface area is 131 Å². The van der Waals surface area contributed by atoms with Gasteiger partial charge in [-0.05, 0) is 5.56 Å². The third kappa shape index (κ3) is 3.91. The van der Waals surface area contributed by atoms with Crippen molar-refractivity contribution in [1.29, 1.82) is 0 Å². The van der Waals surface area contributed by atoms with E-state index in [1.807, 2.05) is 30.3 Å². The van der Waals surface area contributed by atoms with Crippen LogP contribution in [0.1, 0.15) is 15.9 Å². The maximum absolute atomic E-state index is 12.2. The molecule has 2 aromatic rings. The molecule has 0 radical (unpaired) electrons. The molecule has 1 heterocycles. The summed E-state index contributed by atoms with van der Waals surface area (Å²) in [7, 11) is 1.11. The zero-order chi connectivity index (χ0) is 16.8. The molecule has 7 heteroatoms. The van der Waals surface area contributed by atoms with Crippen molar-refractivity contribution < 1.29 is 14.5 Å². The van der Waals surface area contributed by atoms with Gasteiger partial charge in [0, 0.05) is 12.6 Å². The molecule has 0 aliphatic rings. The quantitative estimate of drug-likeness (QED) is 0.479. The predicted octanol–water partition coefficient (Wildman–Crippen LogP) is 2.26. The Kier molecular flexibility index (Phi) is 5.03. The van der Waals surface area contributed by atoms with Crippen LogP contribution in [0.4, 0.5) is 5.69 Å². The van der Waals surface area contributed by atoms with E-state index in [9.17, 15) is 19.7 Å². The van der Waals surface area contributed by atoms with Crippen LogP contribution in [0.15, 0.2) is 53.5 Å². The number of aromatic nitrogens is 1. The van der Waals surface area contributed by atoms with Crippen LogP contribution in [0.25, 0.3) is 6.08 Å². The van der Waals surface area contributed by atoms with Gasteiger partial charge in [-0.15, -0.1) is 0 Å². The molecule has 0 saturated carbocycles. The van der Waals surface area contributed by atoms with E-state index in [1.165, 1.54) is 0 Å². The van der Waals surface area contributed by atoms with Gasteiger partial charge in [0.15, 0.2) is 0 Å². The van der Waals surface area contributed by atoms with Crippen LogP contribution in [-0.2, 0) is 11.3 Å². The van der Waals surface area contributed by atoms with E-state index < -0.39 is 16.5 Å². The Morgan fingerprint density at radius 1 is 1.35 bits per heavy atom. The summed E-state index contributed by atoms with van der Waals surface area (Å²) in [5, 5.41) is 10.9. The van der Waals surface area contributed by atoms with Gasteiger partial charge < -0.3 is 9.30 Å². The van der Waals surface area contributed by atoms with Crippen LogP contribution in [0.3, 0.4) is 0 Å². The summed E-state index contributed by atoms with van der Waals surface area (Å²) in [5.74, 6) is -0.903. The number of nitro groups is 1. The Hall–Kier alpha value is -3.22. The molecule has 2 rings (SSSR count). The second-order valence-electron chi connectivity index (χ2n) is 4.63. The van der Waals surface area contributed by atoms with Gasteiger partial charge in [0.2, 0.25) is 0 Å². The number of pyridine rings is 1. The fourth-order valence-electron chi connectivity index (χ4n) is 1.98. The molecule has 0 bridgehead atoms. The van der Waals surface area contributed by atoms with Crippen molar-refractivity contribution in [3.8, 4) is 0 Å². The SMILES string of the molecule is COC(=O)c1cc([N+](=O)[O-])cn(C/C=C/c2ccccc2)c1=O. The van der Waals surface area contributed by atoms with E-state index in [4.69, 9.17) is 0 Å². The minimum atomic E-state index is -0.903. The van der Waals surface area contributed by atoms with Gasteiger partial charge in [0.25, 0.3) is 11.2 Å². The van der Waals surface area contributed by atoms with Gasteiger partial charge in [0.05, 0.1) is 18.2 Å². The number of ether oxygens (including phenoxy) is 1. The molecule has 0 saturated heterocycles. The molecule has 0 aliphatic carbocycles. The zero-order valence-corrected chi connectivity index (χ0v) is 12.3. The summed E-state index contributed by atoms with van der Waals surface area (Å²) in [6.45, 7) is 0.0966. The van der Waals surface area contributed by atoms with Gasteiger partial charge in [-0.3, -0.25) is 14.9 Å². The average Bonchev–Trinajstić information content (AvgIpc) is 2.56. The lowest BCUT2D eigenvalue weighted by Crippen LogP contribution is -2.26. The number of nitrogens with zero attached hydrogens (tertiary/aromatic N) is 2. The Morgan fingerprint density at radius 3 is 2.65 bits per heavy atom. The molecule has 0 spiro atoms. The van der Waals surface area contributed by atoms with Crippen LogP contribution in [0.5, 0.6) is 0 Å². The highest BCUT2D eigenvalue weighted by molar-refractivity contribution is 5.89. The van der Waals surface area contributed by atoms with Crippen LogP contribution in [0.2, 0.25) is 0 Å². The molecule has 0 fully saturated rings. The van der Waals surface area contributed by atoms with Crippen LogP contribution >= 0.6 is 0 Å². The minimum Gasteiger partial charge on any atom is -0.465 e. The first kappa shape index (κ1) is 16.2. The normalized spacial score (nSPS) is 10.7.